The lowest BCUT2D eigenvalue weighted by Crippen LogP contribution is -2.18. The van der Waals surface area contributed by atoms with Crippen molar-refractivity contribution >= 4 is 28.4 Å². The molecule has 0 aromatic carbocycles. The van der Waals surface area contributed by atoms with Gasteiger partial charge in [0.15, 0.2) is 0 Å². The normalized spacial score (nSPS) is 20.4. The summed E-state index contributed by atoms with van der Waals surface area (Å²) in [5.41, 5.74) is 3.13. The van der Waals surface area contributed by atoms with E-state index in [0.717, 1.165) is 12.9 Å². The molecule has 1 unspecified atom stereocenters. The fraction of sp³-hybridized carbons (Fsp3) is 0.333. The molecule has 0 saturated carbocycles. The molecule has 1 rings (SSSR count). The summed E-state index contributed by atoms with van der Waals surface area (Å²) in [6.07, 6.45) is 4.98. The minimum atomic E-state index is 0.817. The summed E-state index contributed by atoms with van der Waals surface area (Å²) >= 11 is 2.33. The van der Waals surface area contributed by atoms with Gasteiger partial charge < -0.3 is 0 Å². The molecule has 7 heavy (non-hydrogen) atoms. The van der Waals surface area contributed by atoms with Crippen LogP contribution in [0.25, 0.3) is 0 Å². The van der Waals surface area contributed by atoms with Crippen molar-refractivity contribution < 1.29 is 0 Å². The van der Waals surface area contributed by atoms with Crippen molar-refractivity contribution in [2.24, 2.45) is 0 Å². The second-order valence-corrected chi connectivity index (χ2v) is 3.30. The Kier molecular flexibility index (Phi) is 2.35. The smallest absolute Gasteiger partial charge is 0.0595 e. The SMILES string of the molecule is IPN1C=CCN1. The monoisotopic (exact) mass is 228 g/mol. The van der Waals surface area contributed by atoms with Crippen LogP contribution in [-0.4, -0.2) is 11.3 Å². The lowest BCUT2D eigenvalue weighted by atomic mass is 10.7. The Bertz CT molecular complexity index is 85.0. The number of hydrogen-bond donors (Lipinski definition) is 1. The third-order valence-corrected chi connectivity index (χ3v) is 2.77. The number of rotatable bonds is 1. The van der Waals surface area contributed by atoms with Gasteiger partial charge in [0.1, 0.15) is 0 Å². The zero-order valence-corrected chi connectivity index (χ0v) is 6.84. The van der Waals surface area contributed by atoms with Gasteiger partial charge in [-0.2, -0.15) is 0 Å². The number of nitrogens with zero attached hydrogens (tertiary/aromatic N) is 1. The van der Waals surface area contributed by atoms with E-state index in [1.54, 1.807) is 0 Å². The summed E-state index contributed by atoms with van der Waals surface area (Å²) in [6.45, 7) is 0.996. The quantitative estimate of drug-likeness (QED) is 0.536. The summed E-state index contributed by atoms with van der Waals surface area (Å²) in [6, 6.07) is 0. The largest absolute Gasteiger partial charge is 0.288 e. The Morgan fingerprint density at radius 1 is 1.86 bits per heavy atom. The molecular formula is C3H6IN2P. The van der Waals surface area contributed by atoms with Crippen LogP contribution in [0.4, 0.5) is 0 Å². The third kappa shape index (κ3) is 1.55. The first-order chi connectivity index (χ1) is 3.43. The van der Waals surface area contributed by atoms with Gasteiger partial charge in [-0.25, -0.2) is 5.43 Å². The van der Waals surface area contributed by atoms with Crippen molar-refractivity contribution in [2.75, 3.05) is 6.54 Å². The van der Waals surface area contributed by atoms with Crippen LogP contribution < -0.4 is 5.43 Å². The molecule has 0 fully saturated rings. The van der Waals surface area contributed by atoms with E-state index in [1.165, 1.54) is 0 Å². The maximum absolute atomic E-state index is 3.13. The first-order valence-corrected chi connectivity index (χ1v) is 6.05. The summed E-state index contributed by atoms with van der Waals surface area (Å²) in [7, 11) is 0. The Labute approximate surface area is 57.6 Å². The molecule has 1 aliphatic rings. The van der Waals surface area contributed by atoms with E-state index >= 15 is 0 Å². The number of nitrogens with one attached hydrogen (secondary N) is 1. The molecule has 0 aliphatic carbocycles. The molecule has 0 spiro atoms. The van der Waals surface area contributed by atoms with Crippen LogP contribution >= 0.6 is 28.4 Å². The Morgan fingerprint density at radius 2 is 2.71 bits per heavy atom. The molecule has 4 heteroatoms. The lowest BCUT2D eigenvalue weighted by molar-refractivity contribution is 0.515. The summed E-state index contributed by atoms with van der Waals surface area (Å²) in [4.78, 5) is 0. The molecule has 1 aliphatic heterocycles. The Morgan fingerprint density at radius 3 is 3.00 bits per heavy atom. The van der Waals surface area contributed by atoms with E-state index in [9.17, 15) is 0 Å². The van der Waals surface area contributed by atoms with Gasteiger partial charge in [0.05, 0.1) is 6.37 Å². The average Bonchev–Trinajstić information content (AvgIpc) is 2.14. The molecule has 1 heterocycles. The molecule has 1 N–H and O–H groups in total. The third-order valence-electron chi connectivity index (χ3n) is 0.725. The van der Waals surface area contributed by atoms with Crippen molar-refractivity contribution in [3.63, 3.8) is 0 Å². The average molecular weight is 228 g/mol. The molecular weight excluding hydrogens is 222 g/mol. The van der Waals surface area contributed by atoms with Crippen molar-refractivity contribution in [1.29, 1.82) is 0 Å². The first kappa shape index (κ1) is 5.79. The maximum atomic E-state index is 3.13. The Hall–Kier alpha value is 0.660. The van der Waals surface area contributed by atoms with Crippen molar-refractivity contribution in [3.05, 3.63) is 12.3 Å². The van der Waals surface area contributed by atoms with E-state index in [0.29, 0.717) is 0 Å². The molecule has 0 aromatic heterocycles. The van der Waals surface area contributed by atoms with E-state index < -0.39 is 0 Å². The lowest BCUT2D eigenvalue weighted by Gasteiger charge is -2.09. The van der Waals surface area contributed by atoms with Crippen LogP contribution in [0.15, 0.2) is 12.3 Å². The van der Waals surface area contributed by atoms with Gasteiger partial charge in [-0.05, 0) is 22.0 Å². The highest BCUT2D eigenvalue weighted by Crippen LogP contribution is 2.25. The van der Waals surface area contributed by atoms with Crippen LogP contribution in [0.5, 0.6) is 0 Å². The molecule has 1 atom stereocenters. The van der Waals surface area contributed by atoms with Gasteiger partial charge in [-0.1, -0.05) is 6.08 Å². The van der Waals surface area contributed by atoms with E-state index in [2.05, 4.69) is 44.5 Å². The highest BCUT2D eigenvalue weighted by molar-refractivity contribution is 14.2. The van der Waals surface area contributed by atoms with E-state index in [1.807, 2.05) is 0 Å². The molecule has 0 saturated heterocycles. The Balaban J connectivity index is 2.28. The molecule has 0 radical (unpaired) electrons. The zero-order chi connectivity index (χ0) is 5.11. The highest BCUT2D eigenvalue weighted by atomic mass is 127. The van der Waals surface area contributed by atoms with Gasteiger partial charge in [0.2, 0.25) is 0 Å². The van der Waals surface area contributed by atoms with Gasteiger partial charge in [-0.15, -0.1) is 0 Å². The molecule has 2 nitrogen and oxygen atoms in total. The molecule has 0 amide bonds. The predicted molar refractivity (Wildman–Crippen MR) is 41.3 cm³/mol. The highest BCUT2D eigenvalue weighted by Gasteiger charge is 1.97. The summed E-state index contributed by atoms with van der Waals surface area (Å²) < 4.78 is 2.07. The summed E-state index contributed by atoms with van der Waals surface area (Å²) in [5, 5.41) is 0. The molecule has 0 bridgehead atoms. The predicted octanol–water partition coefficient (Wildman–Crippen LogP) is 1.26. The molecule has 40 valence electrons. The van der Waals surface area contributed by atoms with Crippen molar-refractivity contribution in [1.82, 2.24) is 10.2 Å². The number of hydrazine groups is 1. The van der Waals surface area contributed by atoms with Crippen LogP contribution in [0.2, 0.25) is 0 Å². The van der Waals surface area contributed by atoms with Crippen LogP contribution in [0, 0.1) is 0 Å². The number of halogens is 1. The van der Waals surface area contributed by atoms with Gasteiger partial charge in [0, 0.05) is 12.7 Å². The fourth-order valence-electron chi connectivity index (χ4n) is 0.420. The van der Waals surface area contributed by atoms with Crippen LogP contribution in [0.1, 0.15) is 0 Å². The van der Waals surface area contributed by atoms with E-state index in [-0.39, 0.29) is 0 Å². The molecule has 0 aromatic rings. The number of hydrogen-bond acceptors (Lipinski definition) is 2. The maximum Gasteiger partial charge on any atom is 0.0595 e. The summed E-state index contributed by atoms with van der Waals surface area (Å²) in [5.74, 6) is 0. The van der Waals surface area contributed by atoms with Crippen LogP contribution in [-0.2, 0) is 0 Å². The van der Waals surface area contributed by atoms with E-state index in [4.69, 9.17) is 0 Å². The fourth-order valence-corrected chi connectivity index (χ4v) is 1.73. The van der Waals surface area contributed by atoms with Crippen LogP contribution in [0.3, 0.4) is 0 Å². The van der Waals surface area contributed by atoms with Gasteiger partial charge in [0.25, 0.3) is 0 Å². The zero-order valence-electron chi connectivity index (χ0n) is 3.69. The topological polar surface area (TPSA) is 15.3 Å². The minimum absolute atomic E-state index is 0.817. The van der Waals surface area contributed by atoms with Crippen molar-refractivity contribution in [2.45, 2.75) is 0 Å². The van der Waals surface area contributed by atoms with Gasteiger partial charge in [-0.3, -0.25) is 4.78 Å². The second kappa shape index (κ2) is 2.84. The standard InChI is InChI=1S/C3H6IN2P/c4-7-6-3-1-2-5-6/h1,3,5,7H,2H2. The first-order valence-electron chi connectivity index (χ1n) is 1.99. The van der Waals surface area contributed by atoms with Gasteiger partial charge >= 0.3 is 0 Å². The second-order valence-electron chi connectivity index (χ2n) is 1.20. The minimum Gasteiger partial charge on any atom is -0.288 e. The van der Waals surface area contributed by atoms with Crippen molar-refractivity contribution in [3.8, 4) is 0 Å².